The molecule has 4 aliphatic heterocycles. The molecule has 610 valence electrons. The van der Waals surface area contributed by atoms with Gasteiger partial charge in [0.25, 0.3) is 17.7 Å². The number of rotatable bonds is 28. The number of likely N-dealkylation sites (tertiary alicyclic amines) is 1. The summed E-state index contributed by atoms with van der Waals surface area (Å²) in [5.74, 6) is 0.454. The Kier molecular flexibility index (Phi) is 28.4. The van der Waals surface area contributed by atoms with Gasteiger partial charge in [-0.1, -0.05) is 82.3 Å². The molecule has 2 unspecified atom stereocenters. The van der Waals surface area contributed by atoms with E-state index in [9.17, 15) is 38.4 Å². The number of hydrogen-bond donors (Lipinski definition) is 8. The van der Waals surface area contributed by atoms with E-state index in [1.165, 1.54) is 49.8 Å². The highest BCUT2D eigenvalue weighted by atomic mass is 35.5. The zero-order valence-electron chi connectivity index (χ0n) is 65.9. The van der Waals surface area contributed by atoms with E-state index in [2.05, 4.69) is 41.8 Å². The lowest BCUT2D eigenvalue weighted by atomic mass is 9.95. The molecule has 2 aromatic heterocycles. The van der Waals surface area contributed by atoms with Crippen LogP contribution in [0.25, 0.3) is 32.7 Å². The van der Waals surface area contributed by atoms with Crippen molar-refractivity contribution < 1.29 is 57.3 Å². The fourth-order valence-electron chi connectivity index (χ4n) is 15.8. The summed E-state index contributed by atoms with van der Waals surface area (Å²) in [6.45, 7) is 8.64. The molecule has 0 radical (unpaired) electrons. The first kappa shape index (κ1) is 83.2. The number of urea groups is 1. The Morgan fingerprint density at radius 1 is 0.730 bits per heavy atom. The van der Waals surface area contributed by atoms with Crippen molar-refractivity contribution in [2.24, 2.45) is 11.7 Å². The average Bonchev–Trinajstić information content (AvgIpc) is 1.56. The summed E-state index contributed by atoms with van der Waals surface area (Å²) in [6, 6.07) is 32.5. The van der Waals surface area contributed by atoms with Gasteiger partial charge in [0.05, 0.1) is 53.4 Å². The van der Waals surface area contributed by atoms with Crippen LogP contribution in [-0.2, 0) is 37.2 Å². The normalized spacial score (nSPS) is 19.0. The van der Waals surface area contributed by atoms with Crippen LogP contribution in [0.2, 0.25) is 0 Å². The Labute approximate surface area is 683 Å². The van der Waals surface area contributed by atoms with E-state index in [0.717, 1.165) is 45.9 Å². The molecule has 13 rings (SSSR count). The Balaban J connectivity index is 0.611. The number of nitrogens with zero attached hydrogens (tertiary/aromatic N) is 7. The molecule has 0 spiro atoms. The number of likely N-dealkylation sites (N-methyl/N-ethyl adjacent to an activating group) is 2. The van der Waals surface area contributed by atoms with Crippen molar-refractivity contribution >= 4 is 133 Å². The van der Waals surface area contributed by atoms with Crippen LogP contribution in [0.1, 0.15) is 138 Å². The molecular weight excluding hydrogens is 1520 g/mol. The Hall–Kier alpha value is -9.75. The van der Waals surface area contributed by atoms with Gasteiger partial charge in [0, 0.05) is 151 Å². The molecule has 1 saturated carbocycles. The summed E-state index contributed by atoms with van der Waals surface area (Å²) in [6.07, 6.45) is 8.71. The number of benzene rings is 6. The number of ether oxygens (including phenoxy) is 4. The van der Waals surface area contributed by atoms with Gasteiger partial charge in [-0.2, -0.15) is 23.5 Å². The number of thioether (sulfide) groups is 2. The largest absolute Gasteiger partial charge is 0.492 e. The van der Waals surface area contributed by atoms with Crippen molar-refractivity contribution in [3.63, 3.8) is 0 Å². The number of hydrogen-bond acceptors (Lipinski definition) is 19. The first-order valence-corrected chi connectivity index (χ1v) is 42.5. The highest BCUT2D eigenvalue weighted by molar-refractivity contribution is 8.03. The van der Waals surface area contributed by atoms with E-state index in [1.54, 1.807) is 102 Å². The van der Waals surface area contributed by atoms with Crippen LogP contribution in [0.5, 0.6) is 11.5 Å². The zero-order valence-corrected chi connectivity index (χ0v) is 68.2. The van der Waals surface area contributed by atoms with Crippen molar-refractivity contribution in [2.75, 3.05) is 121 Å². The second-order valence-corrected chi connectivity index (χ2v) is 33.6. The molecule has 6 aromatic carbocycles. The molecular formula is C85H104ClN15O12S2. The average molecular weight is 1630 g/mol. The summed E-state index contributed by atoms with van der Waals surface area (Å²) in [5.41, 5.74) is 13.7. The fraction of sp³-hybridized carbons (Fsp3) is 0.459. The van der Waals surface area contributed by atoms with Crippen molar-refractivity contribution in [1.29, 1.82) is 0 Å². The SMILES string of the molecule is CC(C)[C@@H](NCCNC(=O)c1ccc2nc3c(nc2c1)CSC1CCCCCCCC1SC3)C(=O)N[C@H](CCCNC(N)=O)C(=O)Nc1ccc(COC(=O)N(C)C[C@@H]2C[C@@H](N3CCOCC3)CN2C(=O)Oc2cc3c(c4ccccc24)[C@H](CCl)CN3C(=O)c2cc3cc(NC(=O)c4ccc(OCCN(C)C)cc4)ccc3[nH]2)cc1. The Bertz CT molecular complexity index is 4800. The highest BCUT2D eigenvalue weighted by Crippen LogP contribution is 2.47. The topological polar surface area (TPSA) is 329 Å². The van der Waals surface area contributed by atoms with Crippen LogP contribution in [0.4, 0.5) is 31.4 Å². The van der Waals surface area contributed by atoms with Crippen molar-refractivity contribution in [3.05, 3.63) is 161 Å². The number of halogens is 1. The van der Waals surface area contributed by atoms with Gasteiger partial charge in [0.15, 0.2) is 0 Å². The molecule has 115 heavy (non-hydrogen) atoms. The van der Waals surface area contributed by atoms with E-state index in [4.69, 9.17) is 46.3 Å². The second kappa shape index (κ2) is 39.3. The monoisotopic (exact) mass is 1630 g/mol. The maximum Gasteiger partial charge on any atom is 0.415 e. The van der Waals surface area contributed by atoms with Gasteiger partial charge in [-0.3, -0.25) is 28.9 Å². The lowest BCUT2D eigenvalue weighted by molar-refractivity contribution is -0.128. The van der Waals surface area contributed by atoms with Gasteiger partial charge in [0.1, 0.15) is 36.4 Å². The van der Waals surface area contributed by atoms with E-state index < -0.39 is 48.2 Å². The third-order valence-electron chi connectivity index (χ3n) is 22.0. The highest BCUT2D eigenvalue weighted by Gasteiger charge is 2.42. The van der Waals surface area contributed by atoms with Crippen LogP contribution in [0, 0.1) is 5.92 Å². The maximum absolute atomic E-state index is 15.0. The van der Waals surface area contributed by atoms with Crippen molar-refractivity contribution in [2.45, 2.75) is 137 Å². The molecule has 6 heterocycles. The number of amides is 9. The van der Waals surface area contributed by atoms with E-state index >= 15 is 0 Å². The summed E-state index contributed by atoms with van der Waals surface area (Å²) < 4.78 is 23.9. The summed E-state index contributed by atoms with van der Waals surface area (Å²) >= 11 is 10.8. The van der Waals surface area contributed by atoms with Crippen LogP contribution < -0.4 is 52.0 Å². The summed E-state index contributed by atoms with van der Waals surface area (Å²) in [7, 11) is 5.56. The minimum atomic E-state index is -1.03. The fourth-order valence-corrected chi connectivity index (χ4v) is 19.1. The summed E-state index contributed by atoms with van der Waals surface area (Å²) in [4.78, 5) is 133. The summed E-state index contributed by atoms with van der Waals surface area (Å²) in [5, 5.41) is 21.0. The molecule has 8 aromatic rings. The smallest absolute Gasteiger partial charge is 0.415 e. The molecule has 0 bridgehead atoms. The van der Waals surface area contributed by atoms with E-state index in [0.29, 0.717) is 130 Å². The Morgan fingerprint density at radius 2 is 1.43 bits per heavy atom. The van der Waals surface area contributed by atoms with Crippen LogP contribution in [-0.4, -0.2) is 223 Å². The predicted octanol–water partition coefficient (Wildman–Crippen LogP) is 11.9. The van der Waals surface area contributed by atoms with Gasteiger partial charge in [0.2, 0.25) is 11.8 Å². The lowest BCUT2D eigenvalue weighted by Gasteiger charge is -2.31. The third kappa shape index (κ3) is 21.3. The standard InChI is InChI=1S/C85H104ClN15O12S2/c1-52(2)77(88-32-33-89-78(102)55-23-29-66-68(41-55)95-71-51-115-75-18-10-8-6-7-9-17-74(75)114-50-70(71)94-66)81(105)96-67(16-13-31-90-83(87)107)80(104)91-58-24-19-53(20-25-58)49-112-84(108)98(5)47-61-43-60(99-35-37-110-38-36-99)48-100(61)85(109)113-73-44-72-76(64-15-12-11-14-63(64)73)57(45-86)46-101(72)82(106)69-42-56-40-59(26-30-65(56)93-69)92-79(103)54-21-27-62(28-22-54)111-39-34-97(3)4/h11-12,14-15,19-30,40-42,44,52,57,60-61,67,74-75,77,88,93H,6-10,13,16-18,31-39,43,45-51H2,1-5H3,(H,89,102)(H,91,104)(H,92,103)(H,96,105)(H3,87,90,107)/t57-,60-,61+,67-,74?,75?,77-/m1/s1. The molecule has 1 aliphatic carbocycles. The van der Waals surface area contributed by atoms with Crippen molar-refractivity contribution in [3.8, 4) is 11.5 Å². The number of anilines is 3. The molecule has 27 nitrogen and oxygen atoms in total. The molecule has 5 aliphatic rings. The Morgan fingerprint density at radius 3 is 2.15 bits per heavy atom. The van der Waals surface area contributed by atoms with Crippen LogP contribution in [0.3, 0.4) is 0 Å². The number of aromatic nitrogens is 3. The van der Waals surface area contributed by atoms with Gasteiger partial charge in [-0.25, -0.2) is 24.4 Å². The minimum Gasteiger partial charge on any atom is -0.492 e. The van der Waals surface area contributed by atoms with Gasteiger partial charge in [-0.05, 0) is 147 Å². The van der Waals surface area contributed by atoms with E-state index in [-0.39, 0.29) is 93.0 Å². The molecule has 9 amide bonds. The predicted molar refractivity (Wildman–Crippen MR) is 451 cm³/mol. The minimum absolute atomic E-state index is 0.0711. The molecule has 7 atom stereocenters. The van der Waals surface area contributed by atoms with Gasteiger partial charge < -0.3 is 81.2 Å². The molecule has 30 heteroatoms. The first-order chi connectivity index (χ1) is 55.7. The maximum atomic E-state index is 15.0. The quantitative estimate of drug-likeness (QED) is 0.0167. The van der Waals surface area contributed by atoms with E-state index in [1.807, 2.05) is 92.8 Å². The molecule has 9 N–H and O–H groups in total. The number of morpholine rings is 1. The molecule has 2 saturated heterocycles. The number of fused-ring (bicyclic) bond motifs is 7. The zero-order chi connectivity index (χ0) is 80.7. The second-order valence-electron chi connectivity index (χ2n) is 30.9. The third-order valence-corrected chi connectivity index (χ3v) is 25.4. The number of nitrogens with one attached hydrogen (secondary N) is 7. The van der Waals surface area contributed by atoms with Crippen molar-refractivity contribution in [1.82, 2.24) is 55.8 Å². The lowest BCUT2D eigenvalue weighted by Crippen LogP contribution is -2.54. The van der Waals surface area contributed by atoms with Gasteiger partial charge in [-0.15, -0.1) is 11.6 Å². The number of H-pyrrole nitrogens is 1. The number of primary amides is 1. The van der Waals surface area contributed by atoms with Crippen LogP contribution >= 0.6 is 35.1 Å². The first-order valence-electron chi connectivity index (χ1n) is 39.9. The van der Waals surface area contributed by atoms with Gasteiger partial charge >= 0.3 is 18.2 Å². The number of alkyl halides is 1. The molecule has 3 fully saturated rings. The number of carbonyl (C=O) groups excluding carboxylic acids is 8. The number of nitrogens with two attached hydrogens (primary N) is 1. The van der Waals surface area contributed by atoms with Crippen LogP contribution in [0.15, 0.2) is 121 Å². The number of carbonyl (C=O) groups is 8. The number of aromatic amines is 1.